The van der Waals surface area contributed by atoms with Crippen LogP contribution >= 0.6 is 0 Å². The first-order valence-electron chi connectivity index (χ1n) is 7.37. The van der Waals surface area contributed by atoms with Crippen molar-refractivity contribution >= 4 is 11.6 Å². The second kappa shape index (κ2) is 8.08. The number of benzene rings is 2. The van der Waals surface area contributed by atoms with Crippen molar-refractivity contribution < 1.29 is 9.53 Å². The van der Waals surface area contributed by atoms with Gasteiger partial charge in [0.2, 0.25) is 5.91 Å². The molecule has 4 heteroatoms. The number of carbonyl (C=O) groups is 1. The summed E-state index contributed by atoms with van der Waals surface area (Å²) in [6, 6.07) is 15.8. The smallest absolute Gasteiger partial charge is 0.239 e. The molecule has 0 spiro atoms. The van der Waals surface area contributed by atoms with Crippen LogP contribution in [-0.4, -0.2) is 26.1 Å². The van der Waals surface area contributed by atoms with Crippen LogP contribution in [0.3, 0.4) is 0 Å². The lowest BCUT2D eigenvalue weighted by Crippen LogP contribution is -2.31. The van der Waals surface area contributed by atoms with Crippen LogP contribution < -0.4 is 15.4 Å². The lowest BCUT2D eigenvalue weighted by molar-refractivity contribution is -0.119. The molecule has 0 saturated heterocycles. The van der Waals surface area contributed by atoms with Gasteiger partial charge in [0.1, 0.15) is 5.75 Å². The van der Waals surface area contributed by atoms with Crippen LogP contribution in [-0.2, 0) is 11.2 Å². The summed E-state index contributed by atoms with van der Waals surface area (Å²) in [4.78, 5) is 11.8. The molecule has 2 aromatic carbocycles. The summed E-state index contributed by atoms with van der Waals surface area (Å²) >= 11 is 0. The molecular formula is C18H22N2O2. The van der Waals surface area contributed by atoms with Crippen LogP contribution in [0, 0.1) is 6.92 Å². The number of anilines is 1. The number of hydrogen-bond donors (Lipinski definition) is 2. The molecule has 0 aliphatic heterocycles. The highest BCUT2D eigenvalue weighted by Gasteiger charge is 2.01. The molecule has 2 N–H and O–H groups in total. The van der Waals surface area contributed by atoms with Gasteiger partial charge in [-0.05, 0) is 43.2 Å². The van der Waals surface area contributed by atoms with E-state index in [-0.39, 0.29) is 12.5 Å². The summed E-state index contributed by atoms with van der Waals surface area (Å²) in [5.74, 6) is 0.827. The van der Waals surface area contributed by atoms with Gasteiger partial charge in [0, 0.05) is 12.2 Å². The van der Waals surface area contributed by atoms with Gasteiger partial charge in [0.25, 0.3) is 0 Å². The minimum atomic E-state index is -0.0107. The van der Waals surface area contributed by atoms with E-state index in [1.807, 2.05) is 55.5 Å². The maximum absolute atomic E-state index is 11.8. The van der Waals surface area contributed by atoms with E-state index in [9.17, 15) is 4.79 Å². The molecule has 0 atom stereocenters. The molecule has 0 aromatic heterocycles. The van der Waals surface area contributed by atoms with E-state index in [4.69, 9.17) is 4.74 Å². The second-order valence-corrected chi connectivity index (χ2v) is 5.17. The van der Waals surface area contributed by atoms with Crippen LogP contribution in [0.5, 0.6) is 5.75 Å². The first-order valence-corrected chi connectivity index (χ1v) is 7.37. The summed E-state index contributed by atoms with van der Waals surface area (Å²) < 4.78 is 5.18. The fraction of sp³-hybridized carbons (Fsp3) is 0.278. The Kier molecular flexibility index (Phi) is 5.83. The largest absolute Gasteiger partial charge is 0.497 e. The molecule has 22 heavy (non-hydrogen) atoms. The summed E-state index contributed by atoms with van der Waals surface area (Å²) in [6.07, 6.45) is 0.785. The highest BCUT2D eigenvalue weighted by atomic mass is 16.5. The molecule has 1 amide bonds. The van der Waals surface area contributed by atoms with Crippen molar-refractivity contribution in [3.8, 4) is 5.75 Å². The Balaban J connectivity index is 1.70. The third-order valence-electron chi connectivity index (χ3n) is 3.37. The van der Waals surface area contributed by atoms with Gasteiger partial charge in [0.05, 0.1) is 13.7 Å². The topological polar surface area (TPSA) is 50.4 Å². The molecular weight excluding hydrogens is 276 g/mol. The maximum Gasteiger partial charge on any atom is 0.239 e. The highest BCUT2D eigenvalue weighted by Crippen LogP contribution is 2.12. The monoisotopic (exact) mass is 298 g/mol. The Labute approximate surface area is 131 Å². The predicted octanol–water partition coefficient (Wildman–Crippen LogP) is 2.77. The molecule has 0 heterocycles. The molecule has 4 nitrogen and oxygen atoms in total. The zero-order chi connectivity index (χ0) is 15.8. The SMILES string of the molecule is COc1cccc(CCNC(=O)CNc2ccc(C)cc2)c1. The van der Waals surface area contributed by atoms with Crippen LogP contribution in [0.25, 0.3) is 0 Å². The lowest BCUT2D eigenvalue weighted by atomic mass is 10.1. The van der Waals surface area contributed by atoms with E-state index >= 15 is 0 Å². The van der Waals surface area contributed by atoms with Gasteiger partial charge in [0.15, 0.2) is 0 Å². The predicted molar refractivity (Wildman–Crippen MR) is 89.4 cm³/mol. The van der Waals surface area contributed by atoms with Gasteiger partial charge < -0.3 is 15.4 Å². The van der Waals surface area contributed by atoms with Crippen molar-refractivity contribution in [2.45, 2.75) is 13.3 Å². The fourth-order valence-corrected chi connectivity index (χ4v) is 2.09. The average Bonchev–Trinajstić information content (AvgIpc) is 2.54. The number of nitrogens with one attached hydrogen (secondary N) is 2. The quantitative estimate of drug-likeness (QED) is 0.826. The number of methoxy groups -OCH3 is 1. The molecule has 0 fully saturated rings. The molecule has 2 aromatic rings. The molecule has 0 saturated carbocycles. The summed E-state index contributed by atoms with van der Waals surface area (Å²) in [6.45, 7) is 2.93. The number of ether oxygens (including phenoxy) is 1. The van der Waals surface area contributed by atoms with Gasteiger partial charge in [-0.3, -0.25) is 4.79 Å². The average molecular weight is 298 g/mol. The Bertz CT molecular complexity index is 609. The van der Waals surface area contributed by atoms with Crippen LogP contribution in [0.1, 0.15) is 11.1 Å². The first-order chi connectivity index (χ1) is 10.7. The normalized spacial score (nSPS) is 10.1. The van der Waals surface area contributed by atoms with Gasteiger partial charge in [-0.2, -0.15) is 0 Å². The van der Waals surface area contributed by atoms with Crippen molar-refractivity contribution in [3.05, 3.63) is 59.7 Å². The van der Waals surface area contributed by atoms with E-state index in [0.717, 1.165) is 23.4 Å². The van der Waals surface area contributed by atoms with E-state index in [1.54, 1.807) is 7.11 Å². The molecule has 0 aliphatic carbocycles. The van der Waals surface area contributed by atoms with Crippen molar-refractivity contribution in [1.29, 1.82) is 0 Å². The zero-order valence-corrected chi connectivity index (χ0v) is 13.1. The Morgan fingerprint density at radius 1 is 1.14 bits per heavy atom. The minimum Gasteiger partial charge on any atom is -0.497 e. The Morgan fingerprint density at radius 3 is 2.64 bits per heavy atom. The van der Waals surface area contributed by atoms with Crippen LogP contribution in [0.2, 0.25) is 0 Å². The molecule has 0 unspecified atom stereocenters. The molecule has 0 aliphatic rings. The second-order valence-electron chi connectivity index (χ2n) is 5.17. The first kappa shape index (κ1) is 15.9. The van der Waals surface area contributed by atoms with Crippen LogP contribution in [0.15, 0.2) is 48.5 Å². The zero-order valence-electron chi connectivity index (χ0n) is 13.1. The maximum atomic E-state index is 11.8. The summed E-state index contributed by atoms with van der Waals surface area (Å²) in [5, 5.41) is 6.01. The Hall–Kier alpha value is -2.49. The van der Waals surface area contributed by atoms with E-state index in [0.29, 0.717) is 6.54 Å². The van der Waals surface area contributed by atoms with Crippen molar-refractivity contribution in [2.24, 2.45) is 0 Å². The van der Waals surface area contributed by atoms with Gasteiger partial charge in [-0.15, -0.1) is 0 Å². The van der Waals surface area contributed by atoms with Crippen molar-refractivity contribution in [3.63, 3.8) is 0 Å². The number of amides is 1. The van der Waals surface area contributed by atoms with Crippen LogP contribution in [0.4, 0.5) is 5.69 Å². The third kappa shape index (κ3) is 5.13. The van der Waals surface area contributed by atoms with Crippen molar-refractivity contribution in [2.75, 3.05) is 25.5 Å². The number of hydrogen-bond acceptors (Lipinski definition) is 3. The van der Waals surface area contributed by atoms with E-state index in [2.05, 4.69) is 10.6 Å². The number of carbonyl (C=O) groups excluding carboxylic acids is 1. The lowest BCUT2D eigenvalue weighted by Gasteiger charge is -2.08. The number of rotatable bonds is 7. The van der Waals surface area contributed by atoms with E-state index < -0.39 is 0 Å². The molecule has 0 bridgehead atoms. The molecule has 0 radical (unpaired) electrons. The van der Waals surface area contributed by atoms with E-state index in [1.165, 1.54) is 5.56 Å². The minimum absolute atomic E-state index is 0.0107. The third-order valence-corrected chi connectivity index (χ3v) is 3.37. The van der Waals surface area contributed by atoms with Crippen molar-refractivity contribution in [1.82, 2.24) is 5.32 Å². The fourth-order valence-electron chi connectivity index (χ4n) is 2.09. The standard InChI is InChI=1S/C18H22N2O2/c1-14-6-8-16(9-7-14)20-13-18(21)19-11-10-15-4-3-5-17(12-15)22-2/h3-9,12,20H,10-11,13H2,1-2H3,(H,19,21). The highest BCUT2D eigenvalue weighted by molar-refractivity contribution is 5.80. The molecule has 2 rings (SSSR count). The Morgan fingerprint density at radius 2 is 1.91 bits per heavy atom. The van der Waals surface area contributed by atoms with Gasteiger partial charge >= 0.3 is 0 Å². The van der Waals surface area contributed by atoms with Gasteiger partial charge in [-0.25, -0.2) is 0 Å². The number of aryl methyl sites for hydroxylation is 1. The summed E-state index contributed by atoms with van der Waals surface area (Å²) in [7, 11) is 1.65. The van der Waals surface area contributed by atoms with Gasteiger partial charge in [-0.1, -0.05) is 29.8 Å². The molecule has 116 valence electrons. The summed E-state index contributed by atoms with van der Waals surface area (Å²) in [5.41, 5.74) is 3.30.